The summed E-state index contributed by atoms with van der Waals surface area (Å²) in [6.07, 6.45) is 16.2. The first kappa shape index (κ1) is 19.8. The minimum Gasteiger partial charge on any atom is -0.396 e. The van der Waals surface area contributed by atoms with Crippen molar-refractivity contribution in [2.45, 2.75) is 71.1 Å². The Morgan fingerprint density at radius 3 is 2.30 bits per heavy atom. The van der Waals surface area contributed by atoms with Crippen LogP contribution in [0.3, 0.4) is 0 Å². The van der Waals surface area contributed by atoms with Crippen molar-refractivity contribution < 1.29 is 4.74 Å². The number of pyridine rings is 1. The van der Waals surface area contributed by atoms with Crippen molar-refractivity contribution in [3.8, 4) is 0 Å². The Labute approximate surface area is 142 Å². The van der Waals surface area contributed by atoms with Crippen LogP contribution in [0, 0.1) is 0 Å². The number of hydrogen-bond donors (Lipinski definition) is 2. The van der Waals surface area contributed by atoms with Crippen molar-refractivity contribution in [1.82, 2.24) is 4.98 Å². The molecule has 1 aromatic rings. The topological polar surface area (TPSA) is 60.2 Å². The van der Waals surface area contributed by atoms with Gasteiger partial charge in [0.2, 0.25) is 0 Å². The van der Waals surface area contributed by atoms with E-state index in [4.69, 9.17) is 10.5 Å². The number of nitrogens with zero attached hydrogens (tertiary/aromatic N) is 1. The molecule has 0 saturated heterocycles. The number of hydrogen-bond acceptors (Lipinski definition) is 4. The van der Waals surface area contributed by atoms with Crippen LogP contribution in [0.5, 0.6) is 0 Å². The van der Waals surface area contributed by atoms with Crippen molar-refractivity contribution >= 4 is 11.4 Å². The second-order valence-electron chi connectivity index (χ2n) is 6.18. The highest BCUT2D eigenvalue weighted by molar-refractivity contribution is 5.63. The van der Waals surface area contributed by atoms with Gasteiger partial charge >= 0.3 is 0 Å². The van der Waals surface area contributed by atoms with Crippen LogP contribution in [0.25, 0.3) is 0 Å². The summed E-state index contributed by atoms with van der Waals surface area (Å²) < 4.78 is 5.66. The number of rotatable bonds is 15. The zero-order chi connectivity index (χ0) is 16.6. The van der Waals surface area contributed by atoms with Crippen LogP contribution in [0.2, 0.25) is 0 Å². The van der Waals surface area contributed by atoms with E-state index in [-0.39, 0.29) is 0 Å². The fourth-order valence-corrected chi connectivity index (χ4v) is 2.56. The summed E-state index contributed by atoms with van der Waals surface area (Å²) in [6.45, 7) is 5.11. The van der Waals surface area contributed by atoms with E-state index in [1.165, 1.54) is 64.2 Å². The van der Waals surface area contributed by atoms with Gasteiger partial charge in [-0.05, 0) is 25.3 Å². The molecule has 0 bridgehead atoms. The van der Waals surface area contributed by atoms with E-state index >= 15 is 0 Å². The SMILES string of the molecule is CCCCCCOCCCCCCCCNc1ccncc1N. The second kappa shape index (κ2) is 14.3. The molecule has 132 valence electrons. The maximum atomic E-state index is 5.84. The third-order valence-corrected chi connectivity index (χ3v) is 4.03. The lowest BCUT2D eigenvalue weighted by Gasteiger charge is -2.08. The molecule has 0 aliphatic carbocycles. The molecule has 0 radical (unpaired) electrons. The van der Waals surface area contributed by atoms with Gasteiger partial charge in [0.05, 0.1) is 17.6 Å². The molecule has 23 heavy (non-hydrogen) atoms. The maximum Gasteiger partial charge on any atom is 0.0736 e. The van der Waals surface area contributed by atoms with E-state index in [1.54, 1.807) is 12.4 Å². The lowest BCUT2D eigenvalue weighted by molar-refractivity contribution is 0.126. The molecule has 0 saturated carbocycles. The van der Waals surface area contributed by atoms with Crippen LogP contribution >= 0.6 is 0 Å². The number of nitrogens with one attached hydrogen (secondary N) is 1. The van der Waals surface area contributed by atoms with Crippen molar-refractivity contribution in [1.29, 1.82) is 0 Å². The third-order valence-electron chi connectivity index (χ3n) is 4.03. The monoisotopic (exact) mass is 321 g/mol. The van der Waals surface area contributed by atoms with Crippen molar-refractivity contribution in [2.24, 2.45) is 0 Å². The Hall–Kier alpha value is -1.29. The molecular weight excluding hydrogens is 286 g/mol. The molecular formula is C19H35N3O. The first-order valence-corrected chi connectivity index (χ1v) is 9.35. The lowest BCUT2D eigenvalue weighted by atomic mass is 10.1. The number of nitrogen functional groups attached to an aromatic ring is 1. The average Bonchev–Trinajstić information content (AvgIpc) is 2.57. The van der Waals surface area contributed by atoms with E-state index in [2.05, 4.69) is 17.2 Å². The molecule has 0 amide bonds. The largest absolute Gasteiger partial charge is 0.396 e. The predicted octanol–water partition coefficient (Wildman–Crippen LogP) is 5.01. The van der Waals surface area contributed by atoms with Crippen LogP contribution < -0.4 is 11.1 Å². The van der Waals surface area contributed by atoms with Gasteiger partial charge in [-0.15, -0.1) is 0 Å². The summed E-state index contributed by atoms with van der Waals surface area (Å²) in [4.78, 5) is 3.99. The number of aromatic nitrogens is 1. The highest BCUT2D eigenvalue weighted by Crippen LogP contribution is 2.15. The van der Waals surface area contributed by atoms with Crippen molar-refractivity contribution in [3.63, 3.8) is 0 Å². The predicted molar refractivity (Wildman–Crippen MR) is 99.8 cm³/mol. The van der Waals surface area contributed by atoms with Gasteiger partial charge in [-0.3, -0.25) is 4.98 Å². The molecule has 0 fully saturated rings. The van der Waals surface area contributed by atoms with Crippen LogP contribution in [0.4, 0.5) is 11.4 Å². The molecule has 4 heteroatoms. The average molecular weight is 322 g/mol. The zero-order valence-corrected chi connectivity index (χ0v) is 14.9. The Bertz CT molecular complexity index is 385. The summed E-state index contributed by atoms with van der Waals surface area (Å²) in [7, 11) is 0. The molecule has 3 N–H and O–H groups in total. The maximum absolute atomic E-state index is 5.84. The first-order chi connectivity index (χ1) is 11.3. The lowest BCUT2D eigenvalue weighted by Crippen LogP contribution is -2.04. The summed E-state index contributed by atoms with van der Waals surface area (Å²) >= 11 is 0. The van der Waals surface area contributed by atoms with Crippen LogP contribution in [0.1, 0.15) is 71.1 Å². The molecule has 4 nitrogen and oxygen atoms in total. The molecule has 0 aliphatic rings. The summed E-state index contributed by atoms with van der Waals surface area (Å²) in [5, 5.41) is 3.37. The highest BCUT2D eigenvalue weighted by atomic mass is 16.5. The third kappa shape index (κ3) is 11.0. The molecule has 0 unspecified atom stereocenters. The van der Waals surface area contributed by atoms with E-state index in [0.717, 1.165) is 31.1 Å². The van der Waals surface area contributed by atoms with Gasteiger partial charge in [0, 0.05) is 26.0 Å². The molecule has 0 aromatic carbocycles. The zero-order valence-electron chi connectivity index (χ0n) is 14.9. The first-order valence-electron chi connectivity index (χ1n) is 9.35. The van der Waals surface area contributed by atoms with Crippen LogP contribution in [-0.4, -0.2) is 24.7 Å². The Balaban J connectivity index is 1.79. The summed E-state index contributed by atoms with van der Waals surface area (Å²) in [5.41, 5.74) is 7.56. The normalized spacial score (nSPS) is 10.8. The molecule has 0 aliphatic heterocycles. The van der Waals surface area contributed by atoms with Crippen LogP contribution in [-0.2, 0) is 4.74 Å². The fourth-order valence-electron chi connectivity index (χ4n) is 2.56. The minimum absolute atomic E-state index is 0.724. The van der Waals surface area contributed by atoms with Crippen molar-refractivity contribution in [2.75, 3.05) is 30.8 Å². The van der Waals surface area contributed by atoms with E-state index < -0.39 is 0 Å². The van der Waals surface area contributed by atoms with E-state index in [0.29, 0.717) is 0 Å². The van der Waals surface area contributed by atoms with Gasteiger partial charge in [-0.2, -0.15) is 0 Å². The fraction of sp³-hybridized carbons (Fsp3) is 0.737. The molecule has 1 heterocycles. The van der Waals surface area contributed by atoms with Gasteiger partial charge in [-0.25, -0.2) is 0 Å². The Morgan fingerprint density at radius 1 is 0.957 bits per heavy atom. The summed E-state index contributed by atoms with van der Waals surface area (Å²) in [5.74, 6) is 0. The Kier molecular flexibility index (Phi) is 12.3. The Morgan fingerprint density at radius 2 is 1.61 bits per heavy atom. The number of anilines is 2. The quantitative estimate of drug-likeness (QED) is 0.446. The van der Waals surface area contributed by atoms with Gasteiger partial charge in [0.15, 0.2) is 0 Å². The summed E-state index contributed by atoms with van der Waals surface area (Å²) in [6, 6.07) is 1.93. The van der Waals surface area contributed by atoms with Crippen molar-refractivity contribution in [3.05, 3.63) is 18.5 Å². The van der Waals surface area contributed by atoms with E-state index in [1.807, 2.05) is 6.07 Å². The van der Waals surface area contributed by atoms with Crippen LogP contribution in [0.15, 0.2) is 18.5 Å². The molecule has 0 atom stereocenters. The number of ether oxygens (including phenoxy) is 1. The minimum atomic E-state index is 0.724. The van der Waals surface area contributed by atoms with Gasteiger partial charge in [-0.1, -0.05) is 51.9 Å². The number of nitrogens with two attached hydrogens (primary N) is 1. The van der Waals surface area contributed by atoms with Gasteiger partial charge in [0.1, 0.15) is 0 Å². The van der Waals surface area contributed by atoms with E-state index in [9.17, 15) is 0 Å². The standard InChI is InChI=1S/C19H35N3O/c1-2-3-4-10-15-23-16-11-8-6-5-7-9-13-22-19-12-14-21-17-18(19)20/h12,14,17H,2-11,13,15-16,20H2,1H3,(H,21,22). The molecule has 1 aromatic heterocycles. The highest BCUT2D eigenvalue weighted by Gasteiger charge is 1.97. The second-order valence-corrected chi connectivity index (χ2v) is 6.18. The number of unbranched alkanes of at least 4 members (excludes halogenated alkanes) is 8. The molecule has 1 rings (SSSR count). The molecule has 0 spiro atoms. The van der Waals surface area contributed by atoms with Gasteiger partial charge in [0.25, 0.3) is 0 Å². The van der Waals surface area contributed by atoms with Gasteiger partial charge < -0.3 is 15.8 Å². The smallest absolute Gasteiger partial charge is 0.0736 e.